The third-order valence-electron chi connectivity index (χ3n) is 14.4. The Hall–Kier alpha value is -11.0. The largest absolute Gasteiger partial charge is 0.417 e. The first kappa shape index (κ1) is 47.1. The first-order valence-electron chi connectivity index (χ1n) is 24.3. The first-order chi connectivity index (χ1) is 37.5. The number of fused-ring (bicyclic) bond motifs is 6. The van der Waals surface area contributed by atoms with E-state index >= 15 is 13.2 Å². The molecule has 12 rings (SSSR count). The summed E-state index contributed by atoms with van der Waals surface area (Å²) in [7, 11) is 0. The molecule has 77 heavy (non-hydrogen) atoms. The van der Waals surface area contributed by atoms with Crippen molar-refractivity contribution >= 4 is 66.4 Å². The fourth-order valence-corrected chi connectivity index (χ4v) is 11.0. The van der Waals surface area contributed by atoms with Crippen LogP contribution in [0.2, 0.25) is 0 Å². The highest BCUT2D eigenvalue weighted by Gasteiger charge is 2.35. The van der Waals surface area contributed by atoms with Gasteiger partial charge in [-0.15, -0.1) is 0 Å². The van der Waals surface area contributed by atoms with E-state index in [4.69, 9.17) is 26.3 Å². The van der Waals surface area contributed by atoms with Gasteiger partial charge in [-0.05, 0) is 105 Å². The van der Waals surface area contributed by atoms with Gasteiger partial charge in [-0.3, -0.25) is 0 Å². The van der Waals surface area contributed by atoms with Crippen molar-refractivity contribution in [1.82, 2.24) is 9.13 Å². The topological polar surface area (TPSA) is 51.1 Å². The zero-order valence-corrected chi connectivity index (χ0v) is 40.8. The average molecular weight is 996 g/mol. The van der Waals surface area contributed by atoms with Gasteiger partial charge in [-0.25, -0.2) is 19.4 Å². The molecular formula is C67H36F3N7. The zero-order chi connectivity index (χ0) is 53.1. The SMILES string of the molecule is [C-]#[N+]c1ccccc1-c1ccc2c3ccc(-c4ccccc4[N+]#[C-])cc3n(-c3cc(C#N)c(-c4c(C)cccc4C(F)(F)F)cc3-n3c4cc(-c5ccccc5[N+]#[C-])ccc4c4ccc(-c5ccccc5[N+]#[C-])cc43)c2c1. The minimum absolute atomic E-state index is 0.0123. The fraction of sp³-hybridized carbons (Fsp3) is 0.0299. The summed E-state index contributed by atoms with van der Waals surface area (Å²) in [6.45, 7) is 34.0. The van der Waals surface area contributed by atoms with Gasteiger partial charge in [0.25, 0.3) is 0 Å². The van der Waals surface area contributed by atoms with Crippen molar-refractivity contribution in [3.63, 3.8) is 0 Å². The van der Waals surface area contributed by atoms with Gasteiger partial charge < -0.3 is 9.13 Å². The molecule has 0 spiro atoms. The van der Waals surface area contributed by atoms with Gasteiger partial charge in [-0.1, -0.05) is 158 Å². The molecule has 0 unspecified atom stereocenters. The molecule has 2 aromatic heterocycles. The highest BCUT2D eigenvalue weighted by molar-refractivity contribution is 6.14. The molecule has 0 radical (unpaired) electrons. The molecule has 0 atom stereocenters. The minimum atomic E-state index is -4.79. The van der Waals surface area contributed by atoms with E-state index in [9.17, 15) is 5.26 Å². The molecular weight excluding hydrogens is 960 g/mol. The Morgan fingerprint density at radius 1 is 0.403 bits per heavy atom. The van der Waals surface area contributed by atoms with E-state index in [-0.39, 0.29) is 16.7 Å². The Labute approximate surface area is 440 Å². The fourth-order valence-electron chi connectivity index (χ4n) is 11.0. The Kier molecular flexibility index (Phi) is 11.3. The molecule has 0 aliphatic heterocycles. The van der Waals surface area contributed by atoms with Crippen LogP contribution in [0.1, 0.15) is 16.7 Å². The summed E-state index contributed by atoms with van der Waals surface area (Å²) in [6, 6.07) is 62.9. The Morgan fingerprint density at radius 3 is 1.06 bits per heavy atom. The smallest absolute Gasteiger partial charge is 0.307 e. The van der Waals surface area contributed by atoms with Crippen LogP contribution in [-0.2, 0) is 6.18 Å². The summed E-state index contributed by atoms with van der Waals surface area (Å²) >= 11 is 0. The normalized spacial score (nSPS) is 11.3. The number of aromatic nitrogens is 2. The molecule has 0 aliphatic carbocycles. The van der Waals surface area contributed by atoms with E-state index in [1.807, 2.05) is 155 Å². The van der Waals surface area contributed by atoms with E-state index < -0.39 is 11.7 Å². The molecule has 10 aromatic carbocycles. The van der Waals surface area contributed by atoms with E-state index in [2.05, 4.69) is 25.4 Å². The standard InChI is InChI=1S/C67H36F3N7/c1-40-15-14-20-55(67(68,69)70)66(40)54-38-65(77-62-35-43(48-18-8-12-23-58(48)74-4)27-31-52(62)53-32-28-44(36-63(53)77)49-19-9-13-24-59(49)75-5)64(37-45(54)39-71)76-60-33-41(46-16-6-10-21-56(46)72-2)25-29-50(60)51-30-26-42(34-61(51)76)47-17-7-11-22-57(47)73-3/h6-38H,1H3. The molecule has 360 valence electrons. The number of halogens is 3. The Bertz CT molecular complexity index is 4480. The summed E-state index contributed by atoms with van der Waals surface area (Å²) in [5, 5.41) is 14.6. The van der Waals surface area contributed by atoms with E-state index in [1.165, 1.54) is 6.07 Å². The average Bonchev–Trinajstić information content (AvgIpc) is 4.21. The van der Waals surface area contributed by atoms with Gasteiger partial charge in [-0.2, -0.15) is 18.4 Å². The van der Waals surface area contributed by atoms with Crippen LogP contribution < -0.4 is 0 Å². The van der Waals surface area contributed by atoms with Crippen LogP contribution in [0.3, 0.4) is 0 Å². The van der Waals surface area contributed by atoms with Crippen molar-refractivity contribution in [3.8, 4) is 73.1 Å². The predicted octanol–water partition coefficient (Wildman–Crippen LogP) is 19.6. The maximum atomic E-state index is 15.4. The molecule has 12 aromatic rings. The number of aryl methyl sites for hydroxylation is 1. The monoisotopic (exact) mass is 995 g/mol. The first-order valence-corrected chi connectivity index (χ1v) is 24.3. The highest BCUT2D eigenvalue weighted by Crippen LogP contribution is 2.48. The lowest BCUT2D eigenvalue weighted by Gasteiger charge is -2.22. The number of alkyl halides is 3. The summed E-state index contributed by atoms with van der Waals surface area (Å²) in [5.74, 6) is 0. The molecule has 0 N–H and O–H groups in total. The quantitative estimate of drug-likeness (QED) is 0.147. The molecule has 0 aliphatic rings. The van der Waals surface area contributed by atoms with Crippen molar-refractivity contribution in [2.45, 2.75) is 13.1 Å². The second-order valence-corrected chi connectivity index (χ2v) is 18.6. The van der Waals surface area contributed by atoms with Gasteiger partial charge >= 0.3 is 6.18 Å². The van der Waals surface area contributed by atoms with Crippen molar-refractivity contribution < 1.29 is 13.2 Å². The lowest BCUT2D eigenvalue weighted by molar-refractivity contribution is -0.137. The van der Waals surface area contributed by atoms with Crippen LogP contribution in [0.5, 0.6) is 0 Å². The lowest BCUT2D eigenvalue weighted by atomic mass is 9.90. The van der Waals surface area contributed by atoms with Gasteiger partial charge in [0.15, 0.2) is 22.7 Å². The molecule has 0 bridgehead atoms. The number of benzene rings is 10. The van der Waals surface area contributed by atoms with E-state index in [1.54, 1.807) is 49.4 Å². The number of rotatable bonds is 7. The van der Waals surface area contributed by atoms with E-state index in [0.717, 1.165) is 49.9 Å². The number of hydrogen-bond acceptors (Lipinski definition) is 1. The lowest BCUT2D eigenvalue weighted by Crippen LogP contribution is -2.10. The third kappa shape index (κ3) is 7.71. The second kappa shape index (κ2) is 18.5. The highest BCUT2D eigenvalue weighted by atomic mass is 19.4. The molecule has 10 heteroatoms. The van der Waals surface area contributed by atoms with Crippen LogP contribution in [-0.4, -0.2) is 9.13 Å². The van der Waals surface area contributed by atoms with Crippen LogP contribution in [0.15, 0.2) is 200 Å². The summed E-state index contributed by atoms with van der Waals surface area (Å²) < 4.78 is 50.3. The number of nitriles is 1. The summed E-state index contributed by atoms with van der Waals surface area (Å²) in [4.78, 5) is 15.4. The van der Waals surface area contributed by atoms with Crippen LogP contribution >= 0.6 is 0 Å². The van der Waals surface area contributed by atoms with Gasteiger partial charge in [0.1, 0.15) is 0 Å². The van der Waals surface area contributed by atoms with Crippen molar-refractivity contribution in [2.75, 3.05) is 0 Å². The van der Waals surface area contributed by atoms with Crippen molar-refractivity contribution in [1.29, 1.82) is 5.26 Å². The molecule has 0 fully saturated rings. The molecule has 7 nitrogen and oxygen atoms in total. The Balaban J connectivity index is 1.30. The third-order valence-corrected chi connectivity index (χ3v) is 14.4. The number of nitrogens with zero attached hydrogens (tertiary/aromatic N) is 7. The van der Waals surface area contributed by atoms with Gasteiger partial charge in [0.2, 0.25) is 0 Å². The van der Waals surface area contributed by atoms with Crippen LogP contribution in [0.25, 0.3) is 130 Å². The predicted molar refractivity (Wildman–Crippen MR) is 302 cm³/mol. The van der Waals surface area contributed by atoms with E-state index in [0.29, 0.717) is 84.0 Å². The van der Waals surface area contributed by atoms with Crippen LogP contribution in [0, 0.1) is 44.5 Å². The summed E-state index contributed by atoms with van der Waals surface area (Å²) in [6.07, 6.45) is -4.79. The molecule has 0 saturated carbocycles. The molecule has 2 heterocycles. The number of hydrogen-bond donors (Lipinski definition) is 0. The van der Waals surface area contributed by atoms with Crippen molar-refractivity contribution in [3.05, 3.63) is 263 Å². The van der Waals surface area contributed by atoms with Gasteiger partial charge in [0.05, 0.1) is 76.9 Å². The maximum absolute atomic E-state index is 15.4. The second-order valence-electron chi connectivity index (χ2n) is 18.6. The van der Waals surface area contributed by atoms with Gasteiger partial charge in [0, 0.05) is 27.1 Å². The van der Waals surface area contributed by atoms with Crippen LogP contribution in [0.4, 0.5) is 35.9 Å². The molecule has 0 amide bonds. The number of para-hydroxylation sites is 4. The van der Waals surface area contributed by atoms with Crippen molar-refractivity contribution in [2.24, 2.45) is 0 Å². The maximum Gasteiger partial charge on any atom is 0.417 e. The summed E-state index contributed by atoms with van der Waals surface area (Å²) in [5.41, 5.74) is 10.3. The molecule has 0 saturated heterocycles. The zero-order valence-electron chi connectivity index (χ0n) is 40.8. The minimum Gasteiger partial charge on any atom is -0.307 e. The Morgan fingerprint density at radius 2 is 0.740 bits per heavy atom.